The van der Waals surface area contributed by atoms with Gasteiger partial charge in [-0.15, -0.1) is 0 Å². The van der Waals surface area contributed by atoms with Gasteiger partial charge < -0.3 is 9.72 Å². The van der Waals surface area contributed by atoms with E-state index in [1.165, 1.54) is 12.3 Å². The molecule has 1 aromatic heterocycles. The number of aromatic nitrogens is 1. The second-order valence-electron chi connectivity index (χ2n) is 6.66. The number of hydrogen-bond donors (Lipinski definition) is 2. The molecular weight excluding hydrogens is 424 g/mol. The van der Waals surface area contributed by atoms with Crippen LogP contribution in [0.5, 0.6) is 5.75 Å². The number of ether oxygens (including phenoxy) is 1. The first-order chi connectivity index (χ1) is 14.9. The lowest BCUT2D eigenvalue weighted by atomic mass is 10.2. The van der Waals surface area contributed by atoms with Gasteiger partial charge in [0.2, 0.25) is 0 Å². The Balaban J connectivity index is 1.59. The zero-order chi connectivity index (χ0) is 22.0. The first-order valence-electron chi connectivity index (χ1n) is 9.07. The molecule has 0 spiro atoms. The first-order valence-corrected chi connectivity index (χ1v) is 10.6. The van der Waals surface area contributed by atoms with Gasteiger partial charge in [-0.1, -0.05) is 30.3 Å². The second-order valence-corrected chi connectivity index (χ2v) is 8.31. The van der Waals surface area contributed by atoms with Gasteiger partial charge >= 0.3 is 0 Å². The highest BCUT2D eigenvalue weighted by molar-refractivity contribution is 7.93. The molecule has 3 aromatic carbocycles. The van der Waals surface area contributed by atoms with Crippen LogP contribution in [-0.2, 0) is 16.6 Å². The van der Waals surface area contributed by atoms with E-state index in [2.05, 4.69) is 4.98 Å². The standard InChI is InChI=1S/C22H15F2N3O3S/c23-18-10-21(19(24)8-15(18)11-25)27-31(28,29)22-12-26-20-9-16(6-7-17(20)22)30-13-14-4-2-1-3-5-14/h1-10,12,26-27H,13H2. The lowest BCUT2D eigenvalue weighted by Gasteiger charge is -2.09. The molecule has 6 nitrogen and oxygen atoms in total. The topological polar surface area (TPSA) is 95.0 Å². The van der Waals surface area contributed by atoms with Crippen molar-refractivity contribution >= 4 is 26.6 Å². The number of anilines is 1. The number of H-pyrrole nitrogens is 1. The predicted octanol–water partition coefficient (Wildman–Crippen LogP) is 4.70. The summed E-state index contributed by atoms with van der Waals surface area (Å²) in [7, 11) is -4.24. The van der Waals surface area contributed by atoms with E-state index >= 15 is 0 Å². The maximum Gasteiger partial charge on any atom is 0.264 e. The molecule has 0 saturated heterocycles. The van der Waals surface area contributed by atoms with Crippen molar-refractivity contribution in [1.82, 2.24) is 4.98 Å². The monoisotopic (exact) mass is 439 g/mol. The lowest BCUT2D eigenvalue weighted by Crippen LogP contribution is -2.14. The Kier molecular flexibility index (Phi) is 5.31. The highest BCUT2D eigenvalue weighted by Crippen LogP contribution is 2.29. The molecule has 4 rings (SSSR count). The highest BCUT2D eigenvalue weighted by atomic mass is 32.2. The molecule has 31 heavy (non-hydrogen) atoms. The summed E-state index contributed by atoms with van der Waals surface area (Å²) in [5.41, 5.74) is 0.375. The van der Waals surface area contributed by atoms with Crippen molar-refractivity contribution < 1.29 is 21.9 Å². The Labute approximate surface area is 176 Å². The fourth-order valence-corrected chi connectivity index (χ4v) is 4.28. The van der Waals surface area contributed by atoms with Gasteiger partial charge in [-0.3, -0.25) is 4.72 Å². The summed E-state index contributed by atoms with van der Waals surface area (Å²) in [5.74, 6) is -1.55. The lowest BCUT2D eigenvalue weighted by molar-refractivity contribution is 0.306. The van der Waals surface area contributed by atoms with Crippen LogP contribution < -0.4 is 9.46 Å². The summed E-state index contributed by atoms with van der Waals surface area (Å²) in [6.45, 7) is 0.350. The van der Waals surface area contributed by atoms with E-state index in [0.29, 0.717) is 35.4 Å². The van der Waals surface area contributed by atoms with Crippen LogP contribution in [0.2, 0.25) is 0 Å². The largest absolute Gasteiger partial charge is 0.489 e. The summed E-state index contributed by atoms with van der Waals surface area (Å²) in [4.78, 5) is 2.72. The molecule has 2 N–H and O–H groups in total. The Morgan fingerprint density at radius 1 is 1.03 bits per heavy atom. The van der Waals surface area contributed by atoms with Gasteiger partial charge in [0, 0.05) is 23.7 Å². The fourth-order valence-electron chi connectivity index (χ4n) is 3.04. The number of halogens is 2. The molecule has 4 aromatic rings. The van der Waals surface area contributed by atoms with E-state index in [0.717, 1.165) is 5.56 Å². The van der Waals surface area contributed by atoms with E-state index in [4.69, 9.17) is 10.00 Å². The number of nitrogens with zero attached hydrogens (tertiary/aromatic N) is 1. The molecule has 0 aliphatic rings. The molecule has 156 valence electrons. The molecule has 0 bridgehead atoms. The van der Waals surface area contributed by atoms with E-state index in [1.54, 1.807) is 18.2 Å². The summed E-state index contributed by atoms with van der Waals surface area (Å²) in [5, 5.41) is 9.11. The fraction of sp³-hybridized carbons (Fsp3) is 0.0455. The van der Waals surface area contributed by atoms with Gasteiger partial charge in [0.1, 0.15) is 35.0 Å². The first kappa shape index (κ1) is 20.4. The van der Waals surface area contributed by atoms with Gasteiger partial charge in [0.05, 0.1) is 16.8 Å². The minimum Gasteiger partial charge on any atom is -0.489 e. The normalized spacial score (nSPS) is 11.3. The second kappa shape index (κ2) is 8.08. The van der Waals surface area contributed by atoms with Crippen molar-refractivity contribution in [2.45, 2.75) is 11.5 Å². The van der Waals surface area contributed by atoms with Crippen LogP contribution in [0.15, 0.2) is 71.8 Å². The van der Waals surface area contributed by atoms with Crippen molar-refractivity contribution in [1.29, 1.82) is 5.26 Å². The minimum atomic E-state index is -4.24. The van der Waals surface area contributed by atoms with Crippen molar-refractivity contribution in [3.8, 4) is 11.8 Å². The molecule has 0 aliphatic heterocycles. The van der Waals surface area contributed by atoms with Crippen molar-refractivity contribution in [3.63, 3.8) is 0 Å². The van der Waals surface area contributed by atoms with Crippen molar-refractivity contribution in [2.24, 2.45) is 0 Å². The summed E-state index contributed by atoms with van der Waals surface area (Å²) < 4.78 is 61.2. The third-order valence-electron chi connectivity index (χ3n) is 4.57. The average Bonchev–Trinajstić information content (AvgIpc) is 3.19. The molecule has 0 atom stereocenters. The van der Waals surface area contributed by atoms with Gasteiger partial charge in [0.15, 0.2) is 0 Å². The van der Waals surface area contributed by atoms with Crippen LogP contribution in [0, 0.1) is 23.0 Å². The van der Waals surface area contributed by atoms with Crippen LogP contribution >= 0.6 is 0 Å². The molecule has 9 heteroatoms. The molecule has 0 radical (unpaired) electrons. The van der Waals surface area contributed by atoms with E-state index in [1.807, 2.05) is 35.1 Å². The number of fused-ring (bicyclic) bond motifs is 1. The Hall–Kier alpha value is -3.90. The SMILES string of the molecule is N#Cc1cc(F)c(NS(=O)(=O)c2c[nH]c3cc(OCc4ccccc4)ccc23)cc1F. The molecule has 0 fully saturated rings. The highest BCUT2D eigenvalue weighted by Gasteiger charge is 2.22. The smallest absolute Gasteiger partial charge is 0.264 e. The minimum absolute atomic E-state index is 0.138. The Morgan fingerprint density at radius 3 is 2.55 bits per heavy atom. The molecule has 0 aliphatic carbocycles. The Bertz CT molecular complexity index is 1410. The maximum atomic E-state index is 14.1. The van der Waals surface area contributed by atoms with Crippen LogP contribution in [-0.4, -0.2) is 13.4 Å². The number of rotatable bonds is 6. The third kappa shape index (κ3) is 4.20. The number of aromatic amines is 1. The maximum absolute atomic E-state index is 14.1. The van der Waals surface area contributed by atoms with Crippen molar-refractivity contribution in [3.05, 3.63) is 89.6 Å². The predicted molar refractivity (Wildman–Crippen MR) is 111 cm³/mol. The number of sulfonamides is 1. The molecule has 1 heterocycles. The van der Waals surface area contributed by atoms with Gasteiger partial charge in [-0.05, 0) is 23.8 Å². The number of nitriles is 1. The number of hydrogen-bond acceptors (Lipinski definition) is 4. The number of nitrogens with one attached hydrogen (secondary N) is 2. The van der Waals surface area contributed by atoms with E-state index in [9.17, 15) is 17.2 Å². The summed E-state index contributed by atoms with van der Waals surface area (Å²) in [6, 6.07) is 17.2. The van der Waals surface area contributed by atoms with E-state index < -0.39 is 32.9 Å². The zero-order valence-corrected chi connectivity index (χ0v) is 16.7. The van der Waals surface area contributed by atoms with Crippen LogP contribution in [0.25, 0.3) is 10.9 Å². The average molecular weight is 439 g/mol. The summed E-state index contributed by atoms with van der Waals surface area (Å²) in [6.07, 6.45) is 1.26. The molecule has 0 saturated carbocycles. The van der Waals surface area contributed by atoms with E-state index in [-0.39, 0.29) is 4.90 Å². The number of benzene rings is 3. The Morgan fingerprint density at radius 2 is 1.81 bits per heavy atom. The molecular formula is C22H15F2N3O3S. The third-order valence-corrected chi connectivity index (χ3v) is 5.98. The quantitative estimate of drug-likeness (QED) is 0.455. The van der Waals surface area contributed by atoms with Gasteiger partial charge in [0.25, 0.3) is 10.0 Å². The van der Waals surface area contributed by atoms with Gasteiger partial charge in [-0.2, -0.15) is 5.26 Å². The summed E-state index contributed by atoms with van der Waals surface area (Å²) >= 11 is 0. The van der Waals surface area contributed by atoms with Gasteiger partial charge in [-0.25, -0.2) is 17.2 Å². The van der Waals surface area contributed by atoms with Crippen molar-refractivity contribution in [2.75, 3.05) is 4.72 Å². The van der Waals surface area contributed by atoms with Crippen LogP contribution in [0.4, 0.5) is 14.5 Å². The zero-order valence-electron chi connectivity index (χ0n) is 15.9. The van der Waals surface area contributed by atoms with Crippen LogP contribution in [0.1, 0.15) is 11.1 Å². The molecule has 0 unspecified atom stereocenters. The van der Waals surface area contributed by atoms with Crippen LogP contribution in [0.3, 0.4) is 0 Å². The molecule has 0 amide bonds.